The molecule has 0 radical (unpaired) electrons. The smallest absolute Gasteiger partial charge is 0.343 e. The summed E-state index contributed by atoms with van der Waals surface area (Å²) in [6, 6.07) is 6.40. The van der Waals surface area contributed by atoms with Gasteiger partial charge in [-0.3, -0.25) is 9.69 Å². The van der Waals surface area contributed by atoms with Crippen molar-refractivity contribution in [3.63, 3.8) is 0 Å². The number of amides is 1. The molecule has 142 valence electrons. The minimum atomic E-state index is -4.43. The van der Waals surface area contributed by atoms with Crippen LogP contribution in [0.25, 0.3) is 0 Å². The summed E-state index contributed by atoms with van der Waals surface area (Å²) in [6.45, 7) is 3.63. The average Bonchev–Trinajstić information content (AvgIpc) is 3.01. The van der Waals surface area contributed by atoms with Gasteiger partial charge < -0.3 is 9.84 Å². The first-order chi connectivity index (χ1) is 12.1. The molecule has 1 heterocycles. The van der Waals surface area contributed by atoms with Crippen molar-refractivity contribution in [1.82, 2.24) is 20.4 Å². The normalized spacial score (nSPS) is 12.0. The Morgan fingerprint density at radius 2 is 1.88 bits per heavy atom. The highest BCUT2D eigenvalue weighted by atomic mass is 19.4. The lowest BCUT2D eigenvalue weighted by Crippen LogP contribution is -2.33. The summed E-state index contributed by atoms with van der Waals surface area (Å²) in [6.07, 6.45) is -4.43. The summed E-state index contributed by atoms with van der Waals surface area (Å²) in [4.78, 5) is 17.9. The van der Waals surface area contributed by atoms with E-state index < -0.39 is 18.6 Å². The van der Waals surface area contributed by atoms with Crippen LogP contribution in [0, 0.1) is 0 Å². The van der Waals surface area contributed by atoms with Gasteiger partial charge in [0, 0.05) is 18.0 Å². The molecule has 0 aliphatic carbocycles. The van der Waals surface area contributed by atoms with Crippen molar-refractivity contribution < 1.29 is 22.5 Å². The van der Waals surface area contributed by atoms with Crippen molar-refractivity contribution in [2.75, 3.05) is 13.6 Å². The largest absolute Gasteiger partial charge is 0.405 e. The highest BCUT2D eigenvalue weighted by molar-refractivity contribution is 5.94. The standard InChI is InChI=1S/C17H21F3N4O2/c1-11(2)15-22-14(26-23-15)9-24(3)8-12-4-6-13(7-5-12)16(25)21-10-17(18,19)20/h4-7,11H,8-10H2,1-3H3,(H,21,25). The Kier molecular flexibility index (Phi) is 6.36. The highest BCUT2D eigenvalue weighted by Crippen LogP contribution is 2.14. The first kappa shape index (κ1) is 19.9. The van der Waals surface area contributed by atoms with Crippen molar-refractivity contribution in [3.05, 3.63) is 47.1 Å². The van der Waals surface area contributed by atoms with Crippen molar-refractivity contribution in [2.24, 2.45) is 0 Å². The Morgan fingerprint density at radius 1 is 1.23 bits per heavy atom. The molecule has 26 heavy (non-hydrogen) atoms. The van der Waals surface area contributed by atoms with Crippen LogP contribution in [0.15, 0.2) is 28.8 Å². The molecule has 6 nitrogen and oxygen atoms in total. The quantitative estimate of drug-likeness (QED) is 0.811. The van der Waals surface area contributed by atoms with Crippen LogP contribution >= 0.6 is 0 Å². The second kappa shape index (κ2) is 8.31. The van der Waals surface area contributed by atoms with Gasteiger partial charge in [-0.25, -0.2) is 0 Å². The first-order valence-electron chi connectivity index (χ1n) is 8.09. The summed E-state index contributed by atoms with van der Waals surface area (Å²) in [5, 5.41) is 5.75. The van der Waals surface area contributed by atoms with Gasteiger partial charge in [-0.1, -0.05) is 31.1 Å². The number of hydrogen-bond donors (Lipinski definition) is 1. The van der Waals surface area contributed by atoms with Crippen molar-refractivity contribution in [2.45, 2.75) is 39.0 Å². The molecule has 0 aliphatic rings. The van der Waals surface area contributed by atoms with Crippen LogP contribution in [0.2, 0.25) is 0 Å². The van der Waals surface area contributed by atoms with Gasteiger partial charge in [-0.15, -0.1) is 0 Å². The fourth-order valence-electron chi connectivity index (χ4n) is 2.21. The van der Waals surface area contributed by atoms with Crippen LogP contribution in [0.4, 0.5) is 13.2 Å². The van der Waals surface area contributed by atoms with E-state index >= 15 is 0 Å². The van der Waals surface area contributed by atoms with Crippen LogP contribution in [-0.2, 0) is 13.1 Å². The van der Waals surface area contributed by atoms with E-state index in [-0.39, 0.29) is 11.5 Å². The molecule has 2 aromatic rings. The van der Waals surface area contributed by atoms with Gasteiger partial charge in [0.25, 0.3) is 5.91 Å². The number of carbonyl (C=O) groups excluding carboxylic acids is 1. The fourth-order valence-corrected chi connectivity index (χ4v) is 2.21. The molecular weight excluding hydrogens is 349 g/mol. The molecule has 0 spiro atoms. The molecule has 0 saturated carbocycles. The third-order valence-electron chi connectivity index (χ3n) is 3.52. The van der Waals surface area contributed by atoms with Crippen molar-refractivity contribution in [1.29, 1.82) is 0 Å². The number of carbonyl (C=O) groups is 1. The number of benzene rings is 1. The number of rotatable bonds is 7. The molecule has 0 saturated heterocycles. The van der Waals surface area contributed by atoms with Crippen LogP contribution in [0.3, 0.4) is 0 Å². The molecule has 0 bridgehead atoms. The maximum absolute atomic E-state index is 12.1. The molecule has 1 N–H and O–H groups in total. The number of aromatic nitrogens is 2. The Morgan fingerprint density at radius 3 is 2.42 bits per heavy atom. The summed E-state index contributed by atoms with van der Waals surface area (Å²) < 4.78 is 41.6. The van der Waals surface area contributed by atoms with Crippen LogP contribution in [-0.4, -0.2) is 40.7 Å². The summed E-state index contributed by atoms with van der Waals surface area (Å²) in [5.41, 5.74) is 1.09. The molecular formula is C17H21F3N4O2. The van der Waals surface area contributed by atoms with E-state index in [9.17, 15) is 18.0 Å². The van der Waals surface area contributed by atoms with Gasteiger partial charge in [-0.05, 0) is 24.7 Å². The van der Waals surface area contributed by atoms with E-state index in [2.05, 4.69) is 10.1 Å². The third-order valence-corrected chi connectivity index (χ3v) is 3.52. The zero-order valence-electron chi connectivity index (χ0n) is 14.8. The van der Waals surface area contributed by atoms with Crippen LogP contribution in [0.5, 0.6) is 0 Å². The minimum Gasteiger partial charge on any atom is -0.343 e. The van der Waals surface area contributed by atoms with Gasteiger partial charge >= 0.3 is 6.18 Å². The number of alkyl halides is 3. The molecule has 9 heteroatoms. The zero-order valence-corrected chi connectivity index (χ0v) is 14.8. The van der Waals surface area contributed by atoms with Crippen LogP contribution < -0.4 is 5.32 Å². The number of halogens is 3. The van der Waals surface area contributed by atoms with Gasteiger partial charge in [0.15, 0.2) is 5.82 Å². The van der Waals surface area contributed by atoms with E-state index in [0.29, 0.717) is 24.8 Å². The van der Waals surface area contributed by atoms with E-state index in [4.69, 9.17) is 4.52 Å². The average molecular weight is 370 g/mol. The molecule has 0 atom stereocenters. The maximum atomic E-state index is 12.1. The number of nitrogens with one attached hydrogen (secondary N) is 1. The Balaban J connectivity index is 1.88. The molecule has 2 rings (SSSR count). The van der Waals surface area contributed by atoms with Crippen molar-refractivity contribution in [3.8, 4) is 0 Å². The lowest BCUT2D eigenvalue weighted by atomic mass is 10.1. The lowest BCUT2D eigenvalue weighted by Gasteiger charge is -2.14. The second-order valence-electron chi connectivity index (χ2n) is 6.37. The zero-order chi connectivity index (χ0) is 19.3. The molecule has 0 fully saturated rings. The predicted molar refractivity (Wildman–Crippen MR) is 88.4 cm³/mol. The number of hydrogen-bond acceptors (Lipinski definition) is 5. The molecule has 0 unspecified atom stereocenters. The van der Waals surface area contributed by atoms with Gasteiger partial charge in [0.05, 0.1) is 6.54 Å². The molecule has 1 aromatic carbocycles. The molecule has 1 aromatic heterocycles. The topological polar surface area (TPSA) is 71.3 Å². The minimum absolute atomic E-state index is 0.180. The number of nitrogens with zero attached hydrogens (tertiary/aromatic N) is 3. The summed E-state index contributed by atoms with van der Waals surface area (Å²) in [7, 11) is 1.88. The van der Waals surface area contributed by atoms with E-state index in [1.165, 1.54) is 12.1 Å². The lowest BCUT2D eigenvalue weighted by molar-refractivity contribution is -0.123. The van der Waals surface area contributed by atoms with Gasteiger partial charge in [-0.2, -0.15) is 18.2 Å². The Labute approximate surface area is 149 Å². The van der Waals surface area contributed by atoms with Gasteiger partial charge in [0.2, 0.25) is 5.89 Å². The van der Waals surface area contributed by atoms with E-state index in [1.807, 2.05) is 31.1 Å². The van der Waals surface area contributed by atoms with E-state index in [0.717, 1.165) is 5.56 Å². The summed E-state index contributed by atoms with van der Waals surface area (Å²) in [5.74, 6) is 0.602. The molecule has 0 aliphatic heterocycles. The van der Waals surface area contributed by atoms with E-state index in [1.54, 1.807) is 12.1 Å². The predicted octanol–water partition coefficient (Wildman–Crippen LogP) is 3.12. The first-order valence-corrected chi connectivity index (χ1v) is 8.09. The third kappa shape index (κ3) is 6.14. The SMILES string of the molecule is CC(C)c1noc(CN(C)Cc2ccc(C(=O)NCC(F)(F)F)cc2)n1. The van der Waals surface area contributed by atoms with Crippen LogP contribution in [0.1, 0.15) is 47.4 Å². The second-order valence-corrected chi connectivity index (χ2v) is 6.37. The maximum Gasteiger partial charge on any atom is 0.405 e. The Hall–Kier alpha value is -2.42. The fraction of sp³-hybridized carbons (Fsp3) is 0.471. The van der Waals surface area contributed by atoms with Crippen molar-refractivity contribution >= 4 is 5.91 Å². The monoisotopic (exact) mass is 370 g/mol. The highest BCUT2D eigenvalue weighted by Gasteiger charge is 2.27. The molecule has 1 amide bonds. The van der Waals surface area contributed by atoms with Gasteiger partial charge in [0.1, 0.15) is 6.54 Å². The summed E-state index contributed by atoms with van der Waals surface area (Å²) >= 11 is 0. The Bertz CT molecular complexity index is 726.